The van der Waals surface area contributed by atoms with Crippen LogP contribution in [-0.2, 0) is 79.7 Å². The molecule has 0 bridgehead atoms. The minimum atomic E-state index is -5.10. The molecule has 0 saturated carbocycles. The fourth-order valence-corrected chi connectivity index (χ4v) is 15.4. The number of esters is 2. The molecule has 0 aliphatic carbocycles. The van der Waals surface area contributed by atoms with E-state index in [1.807, 2.05) is 0 Å². The largest absolute Gasteiger partial charge is 0.756 e. The summed E-state index contributed by atoms with van der Waals surface area (Å²) in [6, 6.07) is -1.82. The number of allylic oxidation sites excluding steroid dienone is 4. The minimum Gasteiger partial charge on any atom is -0.756 e. The second kappa shape index (κ2) is 82.7. The zero-order valence-electron chi connectivity index (χ0n) is 77.8. The first-order chi connectivity index (χ1) is 58.4. The van der Waals surface area contributed by atoms with E-state index in [4.69, 9.17) is 41.8 Å². The van der Waals surface area contributed by atoms with Crippen molar-refractivity contribution in [2.24, 2.45) is 5.92 Å². The number of alkyl carbamates (subject to hydrolysis) is 1. The molecule has 0 aromatic carbocycles. The highest BCUT2D eigenvalue weighted by molar-refractivity contribution is 7.46. The number of carbonyl (C=O) groups is 7. The summed E-state index contributed by atoms with van der Waals surface area (Å²) in [4.78, 5) is 120. The first-order valence-corrected chi connectivity index (χ1v) is 51.5. The van der Waals surface area contributed by atoms with Gasteiger partial charge in [0, 0.05) is 58.2 Å². The number of phosphoric ester groups is 2. The molecule has 121 heavy (non-hydrogen) atoms. The molecule has 5 amide bonds. The Morgan fingerprint density at radius 1 is 0.331 bits per heavy atom. The van der Waals surface area contributed by atoms with E-state index in [2.05, 4.69) is 92.4 Å². The molecule has 0 aromatic heterocycles. The lowest BCUT2D eigenvalue weighted by atomic mass is 9.99. The highest BCUT2D eigenvalue weighted by Crippen LogP contribution is 2.39. The van der Waals surface area contributed by atoms with E-state index < -0.39 is 83.6 Å². The predicted octanol–water partition coefficient (Wildman–Crippen LogP) is 21.7. The van der Waals surface area contributed by atoms with Gasteiger partial charge in [-0.15, -0.1) is 0 Å². The number of unbranched alkanes of at least 4 members (excludes halogenated alkanes) is 39. The fraction of sp³-hybridized carbons (Fsp3) is 0.883. The molecule has 0 saturated heterocycles. The third-order valence-corrected chi connectivity index (χ3v) is 23.0. The van der Waals surface area contributed by atoms with Crippen LogP contribution in [-0.4, -0.2) is 144 Å². The number of nitrogens with one attached hydrogen (secondary N) is 5. The molecule has 0 fully saturated rings. The zero-order chi connectivity index (χ0) is 89.2. The number of hydrogen-bond donors (Lipinski definition) is 5. The molecule has 0 spiro atoms. The van der Waals surface area contributed by atoms with E-state index in [1.165, 1.54) is 116 Å². The first kappa shape index (κ1) is 117. The van der Waals surface area contributed by atoms with Crippen LogP contribution in [0, 0.1) is 5.92 Å². The van der Waals surface area contributed by atoms with Gasteiger partial charge in [-0.25, -0.2) is 4.79 Å². The van der Waals surface area contributed by atoms with E-state index in [0.29, 0.717) is 70.6 Å². The van der Waals surface area contributed by atoms with Crippen molar-refractivity contribution in [3.05, 3.63) is 24.3 Å². The standard InChI is InChI=1S/C94H179N5O20P2/c1-10-16-22-28-32-36-38-42-44-50-56-65-87(100)98-82(78-111-74-69-84(62-54-48-26-20-14-5)117-89(102)67-58-52-46-40-34-30-24-18-12-3)80-115-120(107,108)113-76-72-95-91(104)86(64-60-61-71-97-93(106)119-94(7,8)9)92(105)96-73-77-114-121(109,110)116-81-83(99-88(101)66-57-51-45-43-39-37-33-29-23-17-11-2)79-112-75-70-85(63-55-49-27-21-15-6)118-90(103)68-59-53-47-41-35-31-25-19-13-4/h40-41,46-47,82-86H,10-39,42-45,48-81H2,1-9H3,(H,95,104)(H,96,105)(H,97,106)(H,98,100)(H,99,101)(H,107,108)(H,109,110)/p-2/b46-40-,47-41-. The average molecular weight is 1760 g/mol. The van der Waals surface area contributed by atoms with Gasteiger partial charge < -0.3 is 78.2 Å². The molecule has 0 aliphatic heterocycles. The monoisotopic (exact) mass is 1760 g/mol. The molecule has 710 valence electrons. The fourth-order valence-electron chi connectivity index (χ4n) is 13.9. The van der Waals surface area contributed by atoms with Crippen LogP contribution < -0.4 is 36.4 Å². The molecule has 0 rings (SSSR count). The van der Waals surface area contributed by atoms with Crippen LogP contribution >= 0.6 is 15.6 Å². The maximum atomic E-state index is 13.9. The van der Waals surface area contributed by atoms with Crippen molar-refractivity contribution < 1.29 is 94.3 Å². The summed E-state index contributed by atoms with van der Waals surface area (Å²) in [6.45, 7) is 15.5. The minimum absolute atomic E-state index is 0.0465. The Morgan fingerprint density at radius 3 is 0.992 bits per heavy atom. The molecular weight excluding hydrogens is 1580 g/mol. The quantitative estimate of drug-likeness (QED) is 0.00943. The molecule has 6 unspecified atom stereocenters. The third kappa shape index (κ3) is 80.1. The summed E-state index contributed by atoms with van der Waals surface area (Å²) in [5.74, 6) is -4.09. The Labute approximate surface area is 735 Å². The van der Waals surface area contributed by atoms with E-state index in [9.17, 15) is 52.5 Å². The lowest BCUT2D eigenvalue weighted by Crippen LogP contribution is -2.43. The first-order valence-electron chi connectivity index (χ1n) is 48.6. The topological polar surface area (TPSA) is 343 Å². The van der Waals surface area contributed by atoms with Crippen LogP contribution in [0.2, 0.25) is 0 Å². The lowest BCUT2D eigenvalue weighted by Gasteiger charge is -2.27. The summed E-state index contributed by atoms with van der Waals surface area (Å²) in [5.41, 5.74) is -0.747. The van der Waals surface area contributed by atoms with Gasteiger partial charge in [-0.3, -0.25) is 37.9 Å². The molecule has 27 heteroatoms. The van der Waals surface area contributed by atoms with Crippen LogP contribution in [0.1, 0.15) is 428 Å². The number of amides is 5. The van der Waals surface area contributed by atoms with Crippen LogP contribution in [0.5, 0.6) is 0 Å². The number of hydrogen-bond acceptors (Lipinski definition) is 20. The van der Waals surface area contributed by atoms with Gasteiger partial charge in [0.05, 0.1) is 64.9 Å². The molecular formula is C94H177N5O20P2-2. The smallest absolute Gasteiger partial charge is 0.407 e. The predicted molar refractivity (Wildman–Crippen MR) is 484 cm³/mol. The molecule has 0 aliphatic rings. The average Bonchev–Trinajstić information content (AvgIpc) is 0.899. The van der Waals surface area contributed by atoms with Gasteiger partial charge in [-0.1, -0.05) is 291 Å². The lowest BCUT2D eigenvalue weighted by molar-refractivity contribution is -0.227. The molecule has 0 radical (unpaired) electrons. The normalized spacial score (nSPS) is 14.1. The summed E-state index contributed by atoms with van der Waals surface area (Å²) >= 11 is 0. The second-order valence-electron chi connectivity index (χ2n) is 34.1. The Morgan fingerprint density at radius 2 is 0.645 bits per heavy atom. The van der Waals surface area contributed by atoms with Gasteiger partial charge >= 0.3 is 18.0 Å². The Kier molecular flexibility index (Phi) is 79.7. The Balaban J connectivity index is 6.25. The summed E-state index contributed by atoms with van der Waals surface area (Å²) in [5, 5.41) is 13.6. The van der Waals surface area contributed by atoms with Crippen molar-refractivity contribution >= 4 is 57.3 Å². The summed E-state index contributed by atoms with van der Waals surface area (Å²) in [6.07, 6.45) is 60.6. The van der Waals surface area contributed by atoms with Crippen LogP contribution in [0.15, 0.2) is 24.3 Å². The van der Waals surface area contributed by atoms with Gasteiger partial charge in [0.15, 0.2) is 0 Å². The van der Waals surface area contributed by atoms with Gasteiger partial charge in [-0.2, -0.15) is 0 Å². The van der Waals surface area contributed by atoms with Crippen molar-refractivity contribution in [2.45, 2.75) is 458 Å². The number of phosphoric acid groups is 2. The summed E-state index contributed by atoms with van der Waals surface area (Å²) < 4.78 is 77.4. The number of carbonyl (C=O) groups excluding carboxylic acids is 7. The van der Waals surface area contributed by atoms with Crippen molar-refractivity contribution in [3.63, 3.8) is 0 Å². The third-order valence-electron chi connectivity index (χ3n) is 21.1. The van der Waals surface area contributed by atoms with Gasteiger partial charge in [0.1, 0.15) is 23.7 Å². The highest BCUT2D eigenvalue weighted by Gasteiger charge is 2.28. The van der Waals surface area contributed by atoms with Crippen molar-refractivity contribution in [2.75, 3.05) is 72.5 Å². The van der Waals surface area contributed by atoms with E-state index in [0.717, 1.165) is 154 Å². The van der Waals surface area contributed by atoms with E-state index in [1.54, 1.807) is 20.8 Å². The van der Waals surface area contributed by atoms with E-state index >= 15 is 0 Å². The van der Waals surface area contributed by atoms with E-state index in [-0.39, 0.29) is 108 Å². The van der Waals surface area contributed by atoms with Crippen LogP contribution in [0.25, 0.3) is 0 Å². The second-order valence-corrected chi connectivity index (χ2v) is 36.9. The molecule has 0 heterocycles. The van der Waals surface area contributed by atoms with Gasteiger partial charge in [0.2, 0.25) is 23.6 Å². The van der Waals surface area contributed by atoms with Gasteiger partial charge in [-0.05, 0) is 124 Å². The van der Waals surface area contributed by atoms with Crippen molar-refractivity contribution in [3.8, 4) is 0 Å². The van der Waals surface area contributed by atoms with Crippen LogP contribution in [0.3, 0.4) is 0 Å². The summed E-state index contributed by atoms with van der Waals surface area (Å²) in [7, 11) is -10.2. The van der Waals surface area contributed by atoms with Crippen molar-refractivity contribution in [1.82, 2.24) is 26.6 Å². The maximum absolute atomic E-state index is 13.9. The number of ether oxygens (including phenoxy) is 5. The van der Waals surface area contributed by atoms with Gasteiger partial charge in [0.25, 0.3) is 15.6 Å². The van der Waals surface area contributed by atoms with Crippen LogP contribution in [0.4, 0.5) is 4.79 Å². The Hall–Kier alpha value is -4.29. The highest BCUT2D eigenvalue weighted by atomic mass is 31.2. The number of rotatable bonds is 89. The van der Waals surface area contributed by atoms with Crippen molar-refractivity contribution in [1.29, 1.82) is 0 Å². The molecule has 25 nitrogen and oxygen atoms in total. The SMILES string of the molecule is CCCCCC/C=C\CCCC(=O)OC(CCCCCCC)CCOCC(COP(=O)([O-])OCCNC(=O)C(CCCCNC(=O)OC(C)(C)C)C(=O)NCCOP(=O)([O-])OCC(COCCC(CCCCCCC)OC(=O)CCC/C=C\CCCCCC)NC(=O)CCCCCCCCCCCCC)NC(=O)CCCCCCCCCCCCC. The zero-order valence-corrected chi connectivity index (χ0v) is 79.6. The maximum Gasteiger partial charge on any atom is 0.407 e. The molecule has 0 aromatic rings. The molecule has 5 N–H and O–H groups in total. The molecule has 6 atom stereocenters. The Bertz CT molecular complexity index is 2520.